The van der Waals surface area contributed by atoms with Gasteiger partial charge in [-0.3, -0.25) is 5.41 Å². The summed E-state index contributed by atoms with van der Waals surface area (Å²) in [7, 11) is 0. The molecule has 0 aromatic heterocycles. The molecule has 0 amide bonds. The molecule has 3 N–H and O–H groups in total. The summed E-state index contributed by atoms with van der Waals surface area (Å²) in [6.45, 7) is 5.62. The normalized spacial score (nSPS) is 10.4. The number of aryl methyl sites for hydroxylation is 1. The van der Waals surface area contributed by atoms with Gasteiger partial charge in [0.1, 0.15) is 5.84 Å². The third-order valence-electron chi connectivity index (χ3n) is 2.55. The summed E-state index contributed by atoms with van der Waals surface area (Å²) < 4.78 is 5.56. The fourth-order valence-corrected chi connectivity index (χ4v) is 1.45. The van der Waals surface area contributed by atoms with Crippen molar-refractivity contribution in [3.05, 3.63) is 34.9 Å². The predicted octanol–water partition coefficient (Wildman–Crippen LogP) is 2.60. The van der Waals surface area contributed by atoms with E-state index in [9.17, 15) is 0 Å². The van der Waals surface area contributed by atoms with Crippen molar-refractivity contribution in [3.8, 4) is 0 Å². The van der Waals surface area contributed by atoms with Gasteiger partial charge in [0, 0.05) is 12.2 Å². The van der Waals surface area contributed by atoms with E-state index >= 15 is 0 Å². The number of hydrogen-bond acceptors (Lipinski definition) is 2. The molecule has 3 heteroatoms. The van der Waals surface area contributed by atoms with Crippen molar-refractivity contribution in [2.75, 3.05) is 6.61 Å². The average molecular weight is 220 g/mol. The first kappa shape index (κ1) is 12.7. The summed E-state index contributed by atoms with van der Waals surface area (Å²) in [6.07, 6.45) is 2.26. The minimum absolute atomic E-state index is 0.113. The van der Waals surface area contributed by atoms with Gasteiger partial charge in [0.15, 0.2) is 0 Å². The number of rotatable bonds is 6. The van der Waals surface area contributed by atoms with E-state index < -0.39 is 0 Å². The fourth-order valence-electron chi connectivity index (χ4n) is 1.45. The zero-order valence-electron chi connectivity index (χ0n) is 10.0. The van der Waals surface area contributed by atoms with Gasteiger partial charge in [-0.2, -0.15) is 0 Å². The lowest BCUT2D eigenvalue weighted by Gasteiger charge is -2.08. The highest BCUT2D eigenvalue weighted by molar-refractivity contribution is 5.95. The van der Waals surface area contributed by atoms with Gasteiger partial charge in [-0.15, -0.1) is 0 Å². The summed E-state index contributed by atoms with van der Waals surface area (Å²) in [5, 5.41) is 7.34. The molecule has 0 aliphatic rings. The molecule has 0 atom stereocenters. The highest BCUT2D eigenvalue weighted by Gasteiger charge is 2.02. The van der Waals surface area contributed by atoms with Crippen LogP contribution >= 0.6 is 0 Å². The molecular weight excluding hydrogens is 200 g/mol. The average Bonchev–Trinajstić information content (AvgIpc) is 2.26. The first-order valence-corrected chi connectivity index (χ1v) is 5.66. The van der Waals surface area contributed by atoms with Gasteiger partial charge in [-0.1, -0.05) is 25.5 Å². The molecule has 0 saturated heterocycles. The van der Waals surface area contributed by atoms with Crippen molar-refractivity contribution in [1.82, 2.24) is 0 Å². The molecule has 0 spiro atoms. The van der Waals surface area contributed by atoms with Crippen LogP contribution in [0.5, 0.6) is 0 Å². The van der Waals surface area contributed by atoms with Crippen LogP contribution < -0.4 is 5.73 Å². The summed E-state index contributed by atoms with van der Waals surface area (Å²) >= 11 is 0. The maximum Gasteiger partial charge on any atom is 0.122 e. The largest absolute Gasteiger partial charge is 0.384 e. The van der Waals surface area contributed by atoms with Crippen molar-refractivity contribution in [2.24, 2.45) is 5.73 Å². The van der Waals surface area contributed by atoms with E-state index in [0.717, 1.165) is 30.6 Å². The molecule has 0 heterocycles. The van der Waals surface area contributed by atoms with Crippen molar-refractivity contribution >= 4 is 5.84 Å². The molecule has 0 saturated carbocycles. The van der Waals surface area contributed by atoms with Crippen LogP contribution in [0.1, 0.15) is 36.5 Å². The Morgan fingerprint density at radius 1 is 1.44 bits per heavy atom. The second kappa shape index (κ2) is 6.28. The van der Waals surface area contributed by atoms with Gasteiger partial charge in [0.25, 0.3) is 0 Å². The predicted molar refractivity (Wildman–Crippen MR) is 66.8 cm³/mol. The SMILES string of the molecule is CCCCOCc1ccc(C(=N)N)cc1C. The number of benzene rings is 1. The molecule has 0 unspecified atom stereocenters. The Labute approximate surface area is 97.1 Å². The minimum Gasteiger partial charge on any atom is -0.384 e. The lowest BCUT2D eigenvalue weighted by molar-refractivity contribution is 0.117. The van der Waals surface area contributed by atoms with Crippen molar-refractivity contribution in [3.63, 3.8) is 0 Å². The standard InChI is InChI=1S/C13H20N2O/c1-3-4-7-16-9-12-6-5-11(13(14)15)8-10(12)2/h5-6,8H,3-4,7,9H2,1-2H3,(H3,14,15). The third-order valence-corrected chi connectivity index (χ3v) is 2.55. The second-order valence-corrected chi connectivity index (χ2v) is 3.96. The molecule has 0 bridgehead atoms. The number of nitrogen functional groups attached to an aromatic ring is 1. The first-order valence-electron chi connectivity index (χ1n) is 5.66. The van der Waals surface area contributed by atoms with E-state index in [0.29, 0.717) is 6.61 Å². The van der Waals surface area contributed by atoms with Gasteiger partial charge in [0.2, 0.25) is 0 Å². The van der Waals surface area contributed by atoms with Crippen molar-refractivity contribution in [1.29, 1.82) is 5.41 Å². The molecule has 1 aromatic carbocycles. The van der Waals surface area contributed by atoms with Gasteiger partial charge >= 0.3 is 0 Å². The molecule has 0 aliphatic heterocycles. The summed E-state index contributed by atoms with van der Waals surface area (Å²) in [5.41, 5.74) is 8.49. The lowest BCUT2D eigenvalue weighted by atomic mass is 10.1. The Hall–Kier alpha value is -1.35. The van der Waals surface area contributed by atoms with Gasteiger partial charge in [-0.25, -0.2) is 0 Å². The van der Waals surface area contributed by atoms with E-state index in [4.69, 9.17) is 15.9 Å². The number of hydrogen-bond donors (Lipinski definition) is 2. The maximum atomic E-state index is 7.34. The van der Waals surface area contributed by atoms with Crippen LogP contribution in [0.15, 0.2) is 18.2 Å². The Kier molecular flexibility index (Phi) is 4.99. The third kappa shape index (κ3) is 3.66. The zero-order chi connectivity index (χ0) is 12.0. The molecular formula is C13H20N2O. The Morgan fingerprint density at radius 3 is 2.75 bits per heavy atom. The monoisotopic (exact) mass is 220 g/mol. The molecule has 0 fully saturated rings. The van der Waals surface area contributed by atoms with Crippen LogP contribution in [-0.4, -0.2) is 12.4 Å². The molecule has 88 valence electrons. The number of amidine groups is 1. The summed E-state index contributed by atoms with van der Waals surface area (Å²) in [5.74, 6) is 0.113. The highest BCUT2D eigenvalue weighted by Crippen LogP contribution is 2.12. The molecule has 3 nitrogen and oxygen atoms in total. The lowest BCUT2D eigenvalue weighted by Crippen LogP contribution is -2.11. The molecule has 1 aromatic rings. The van der Waals surface area contributed by atoms with E-state index in [-0.39, 0.29) is 5.84 Å². The molecule has 1 rings (SSSR count). The van der Waals surface area contributed by atoms with E-state index in [1.54, 1.807) is 0 Å². The Bertz CT molecular complexity index is 361. The van der Waals surface area contributed by atoms with Crippen LogP contribution in [0.3, 0.4) is 0 Å². The van der Waals surface area contributed by atoms with Crippen LogP contribution in [0.25, 0.3) is 0 Å². The van der Waals surface area contributed by atoms with Crippen LogP contribution in [0.4, 0.5) is 0 Å². The highest BCUT2D eigenvalue weighted by atomic mass is 16.5. The summed E-state index contributed by atoms with van der Waals surface area (Å²) in [6, 6.07) is 5.78. The minimum atomic E-state index is 0.113. The number of ether oxygens (including phenoxy) is 1. The molecule has 16 heavy (non-hydrogen) atoms. The molecule has 0 radical (unpaired) electrons. The number of unbranched alkanes of at least 4 members (excludes halogenated alkanes) is 1. The van der Waals surface area contributed by atoms with E-state index in [2.05, 4.69) is 6.92 Å². The maximum absolute atomic E-state index is 7.34. The van der Waals surface area contributed by atoms with Crippen molar-refractivity contribution in [2.45, 2.75) is 33.3 Å². The van der Waals surface area contributed by atoms with E-state index in [1.165, 1.54) is 5.56 Å². The second-order valence-electron chi connectivity index (χ2n) is 3.96. The Balaban J connectivity index is 2.57. The van der Waals surface area contributed by atoms with E-state index in [1.807, 2.05) is 25.1 Å². The smallest absolute Gasteiger partial charge is 0.122 e. The Morgan fingerprint density at radius 2 is 2.19 bits per heavy atom. The first-order chi connectivity index (χ1) is 7.65. The van der Waals surface area contributed by atoms with Crippen LogP contribution in [0.2, 0.25) is 0 Å². The van der Waals surface area contributed by atoms with Crippen LogP contribution in [0, 0.1) is 12.3 Å². The zero-order valence-corrected chi connectivity index (χ0v) is 10.0. The van der Waals surface area contributed by atoms with Gasteiger partial charge < -0.3 is 10.5 Å². The topological polar surface area (TPSA) is 59.1 Å². The van der Waals surface area contributed by atoms with Crippen LogP contribution in [-0.2, 0) is 11.3 Å². The number of nitrogens with one attached hydrogen (secondary N) is 1. The van der Waals surface area contributed by atoms with Gasteiger partial charge in [-0.05, 0) is 30.5 Å². The quantitative estimate of drug-likeness (QED) is 0.440. The fraction of sp³-hybridized carbons (Fsp3) is 0.462. The van der Waals surface area contributed by atoms with Crippen molar-refractivity contribution < 1.29 is 4.74 Å². The number of nitrogens with two attached hydrogens (primary N) is 1. The molecule has 0 aliphatic carbocycles. The van der Waals surface area contributed by atoms with Gasteiger partial charge in [0.05, 0.1) is 6.61 Å². The summed E-state index contributed by atoms with van der Waals surface area (Å²) in [4.78, 5) is 0.